The van der Waals surface area contributed by atoms with E-state index in [-0.39, 0.29) is 30.7 Å². The molecule has 1 atom stereocenters. The monoisotopic (exact) mass is 373 g/mol. The molecule has 1 amide bonds. The number of carbonyl (C=O) groups is 1. The summed E-state index contributed by atoms with van der Waals surface area (Å²) in [4.78, 5) is 14.4. The van der Waals surface area contributed by atoms with E-state index in [1.54, 1.807) is 7.11 Å². The summed E-state index contributed by atoms with van der Waals surface area (Å²) >= 11 is 1.94. The minimum atomic E-state index is 0. The van der Waals surface area contributed by atoms with Gasteiger partial charge >= 0.3 is 0 Å². The van der Waals surface area contributed by atoms with Crippen molar-refractivity contribution in [2.45, 2.75) is 31.3 Å². The largest absolute Gasteiger partial charge is 0.383 e. The van der Waals surface area contributed by atoms with Crippen molar-refractivity contribution in [3.8, 4) is 0 Å². The maximum Gasteiger partial charge on any atom is 0.221 e. The van der Waals surface area contributed by atoms with Gasteiger partial charge in [-0.15, -0.1) is 24.8 Å². The molecular weight excluding hydrogens is 345 g/mol. The molecule has 1 unspecified atom stereocenters. The second-order valence-corrected chi connectivity index (χ2v) is 6.76. The molecule has 2 N–H and O–H groups in total. The van der Waals surface area contributed by atoms with Gasteiger partial charge in [0.25, 0.3) is 0 Å². The van der Waals surface area contributed by atoms with E-state index in [0.29, 0.717) is 18.5 Å². The lowest BCUT2D eigenvalue weighted by molar-refractivity contribution is -0.122. The van der Waals surface area contributed by atoms with Crippen LogP contribution < -0.4 is 10.6 Å². The Morgan fingerprint density at radius 2 is 2.09 bits per heavy atom. The van der Waals surface area contributed by atoms with Crippen LogP contribution >= 0.6 is 36.6 Å². The smallest absolute Gasteiger partial charge is 0.221 e. The number of methoxy groups -OCH3 is 1. The third kappa shape index (κ3) is 8.22. The van der Waals surface area contributed by atoms with Crippen molar-refractivity contribution in [1.82, 2.24) is 15.5 Å². The highest BCUT2D eigenvalue weighted by atomic mass is 35.5. The number of ether oxygens (including phenoxy) is 1. The summed E-state index contributed by atoms with van der Waals surface area (Å²) in [6.45, 7) is 4.95. The van der Waals surface area contributed by atoms with Crippen LogP contribution in [0.4, 0.5) is 0 Å². The van der Waals surface area contributed by atoms with Crippen molar-refractivity contribution in [3.63, 3.8) is 0 Å². The maximum absolute atomic E-state index is 12.0. The number of rotatable bonds is 6. The van der Waals surface area contributed by atoms with Gasteiger partial charge in [0, 0.05) is 63.3 Å². The number of amides is 1. The SMILES string of the molecule is COCCN1CCC(NC(=O)CC2CSCCN2)CC1.Cl.Cl. The number of carbonyl (C=O) groups excluding carboxylic acids is 1. The van der Waals surface area contributed by atoms with Crippen molar-refractivity contribution >= 4 is 42.5 Å². The number of likely N-dealkylation sites (tertiary alicyclic amines) is 1. The summed E-state index contributed by atoms with van der Waals surface area (Å²) in [6, 6.07) is 0.716. The molecule has 2 saturated heterocycles. The predicted molar refractivity (Wildman–Crippen MR) is 97.7 cm³/mol. The molecule has 0 saturated carbocycles. The summed E-state index contributed by atoms with van der Waals surface area (Å²) in [5.74, 6) is 2.43. The quantitative estimate of drug-likeness (QED) is 0.731. The van der Waals surface area contributed by atoms with Crippen molar-refractivity contribution in [2.24, 2.45) is 0 Å². The number of hydrogen-bond donors (Lipinski definition) is 2. The van der Waals surface area contributed by atoms with Crippen molar-refractivity contribution in [1.29, 1.82) is 0 Å². The first-order valence-corrected chi connectivity index (χ1v) is 8.75. The number of piperidine rings is 1. The summed E-state index contributed by atoms with van der Waals surface area (Å²) in [5.41, 5.74) is 0. The number of halogens is 2. The Hall–Kier alpha value is 0.280. The van der Waals surface area contributed by atoms with Crippen LogP contribution in [0.2, 0.25) is 0 Å². The average molecular weight is 374 g/mol. The van der Waals surface area contributed by atoms with Gasteiger partial charge in [-0.1, -0.05) is 0 Å². The molecule has 0 spiro atoms. The molecule has 0 aromatic rings. The standard InChI is InChI=1S/C14H27N3O2S.2ClH/c1-19-8-7-17-5-2-12(3-6-17)16-14(18)10-13-11-20-9-4-15-13;;/h12-13,15H,2-11H2,1H3,(H,16,18);2*1H. The Morgan fingerprint density at radius 1 is 1.36 bits per heavy atom. The minimum Gasteiger partial charge on any atom is -0.383 e. The van der Waals surface area contributed by atoms with Gasteiger partial charge < -0.3 is 20.3 Å². The van der Waals surface area contributed by atoms with Gasteiger partial charge in [-0.05, 0) is 12.8 Å². The van der Waals surface area contributed by atoms with Crippen molar-refractivity contribution < 1.29 is 9.53 Å². The molecule has 2 rings (SSSR count). The number of nitrogens with one attached hydrogen (secondary N) is 2. The second-order valence-electron chi connectivity index (χ2n) is 5.61. The zero-order valence-corrected chi connectivity index (χ0v) is 15.7. The molecular formula is C14H29Cl2N3O2S. The topological polar surface area (TPSA) is 53.6 Å². The van der Waals surface area contributed by atoms with Crippen molar-refractivity contribution in [3.05, 3.63) is 0 Å². The molecule has 8 heteroatoms. The fraction of sp³-hybridized carbons (Fsp3) is 0.929. The molecule has 132 valence electrons. The normalized spacial score (nSPS) is 23.2. The van der Waals surface area contributed by atoms with E-state index in [2.05, 4.69) is 15.5 Å². The Labute approximate surface area is 150 Å². The summed E-state index contributed by atoms with van der Waals surface area (Å²) < 4.78 is 5.10. The first kappa shape index (κ1) is 22.3. The van der Waals surface area contributed by atoms with Crippen LogP contribution in [-0.2, 0) is 9.53 Å². The van der Waals surface area contributed by atoms with Crippen LogP contribution in [0, 0.1) is 0 Å². The molecule has 0 aromatic heterocycles. The highest BCUT2D eigenvalue weighted by Gasteiger charge is 2.22. The van der Waals surface area contributed by atoms with Crippen LogP contribution in [0.1, 0.15) is 19.3 Å². The molecule has 0 bridgehead atoms. The molecule has 2 aliphatic rings. The van der Waals surface area contributed by atoms with E-state index in [0.717, 1.165) is 57.1 Å². The Bertz CT molecular complexity index is 300. The van der Waals surface area contributed by atoms with Crippen molar-refractivity contribution in [2.75, 3.05) is 51.4 Å². The van der Waals surface area contributed by atoms with Gasteiger partial charge in [0.2, 0.25) is 5.91 Å². The van der Waals surface area contributed by atoms with Gasteiger partial charge in [-0.2, -0.15) is 11.8 Å². The lowest BCUT2D eigenvalue weighted by Crippen LogP contribution is -2.47. The highest BCUT2D eigenvalue weighted by molar-refractivity contribution is 7.99. The van der Waals surface area contributed by atoms with E-state index in [1.807, 2.05) is 11.8 Å². The van der Waals surface area contributed by atoms with E-state index in [9.17, 15) is 4.79 Å². The first-order valence-electron chi connectivity index (χ1n) is 7.59. The average Bonchev–Trinajstić information content (AvgIpc) is 2.47. The predicted octanol–water partition coefficient (Wildman–Crippen LogP) is 1.15. The molecule has 5 nitrogen and oxygen atoms in total. The number of hydrogen-bond acceptors (Lipinski definition) is 5. The summed E-state index contributed by atoms with van der Waals surface area (Å²) in [5, 5.41) is 6.61. The van der Waals surface area contributed by atoms with E-state index in [4.69, 9.17) is 4.74 Å². The Kier molecular flexibility index (Phi) is 12.8. The molecule has 2 fully saturated rings. The molecule has 2 heterocycles. The van der Waals surface area contributed by atoms with Crippen LogP contribution in [0.25, 0.3) is 0 Å². The van der Waals surface area contributed by atoms with Gasteiger partial charge in [-0.25, -0.2) is 0 Å². The molecule has 2 aliphatic heterocycles. The Balaban J connectivity index is 0.00000220. The second kappa shape index (κ2) is 12.7. The fourth-order valence-electron chi connectivity index (χ4n) is 2.78. The minimum absolute atomic E-state index is 0. The van der Waals surface area contributed by atoms with Crippen LogP contribution in [0.3, 0.4) is 0 Å². The Morgan fingerprint density at radius 3 is 2.68 bits per heavy atom. The van der Waals surface area contributed by atoms with E-state index in [1.165, 1.54) is 0 Å². The number of nitrogens with zero attached hydrogens (tertiary/aromatic N) is 1. The lowest BCUT2D eigenvalue weighted by atomic mass is 10.0. The lowest BCUT2D eigenvalue weighted by Gasteiger charge is -2.32. The summed E-state index contributed by atoms with van der Waals surface area (Å²) in [7, 11) is 1.74. The van der Waals surface area contributed by atoms with Gasteiger partial charge in [0.05, 0.1) is 6.61 Å². The first-order chi connectivity index (χ1) is 9.78. The third-order valence-electron chi connectivity index (χ3n) is 3.99. The third-order valence-corrected chi connectivity index (χ3v) is 5.13. The highest BCUT2D eigenvalue weighted by Crippen LogP contribution is 2.12. The van der Waals surface area contributed by atoms with Gasteiger partial charge in [0.15, 0.2) is 0 Å². The zero-order valence-electron chi connectivity index (χ0n) is 13.2. The van der Waals surface area contributed by atoms with Crippen LogP contribution in [-0.4, -0.2) is 74.3 Å². The van der Waals surface area contributed by atoms with E-state index >= 15 is 0 Å². The van der Waals surface area contributed by atoms with Gasteiger partial charge in [-0.3, -0.25) is 4.79 Å². The van der Waals surface area contributed by atoms with Crippen LogP contribution in [0.15, 0.2) is 0 Å². The molecule has 22 heavy (non-hydrogen) atoms. The maximum atomic E-state index is 12.0. The molecule has 0 radical (unpaired) electrons. The fourth-order valence-corrected chi connectivity index (χ4v) is 3.73. The number of thioether (sulfide) groups is 1. The zero-order chi connectivity index (χ0) is 14.2. The van der Waals surface area contributed by atoms with E-state index < -0.39 is 0 Å². The van der Waals surface area contributed by atoms with Crippen LogP contribution in [0.5, 0.6) is 0 Å². The molecule has 0 aromatic carbocycles. The van der Waals surface area contributed by atoms with Gasteiger partial charge in [0.1, 0.15) is 0 Å². The molecule has 0 aliphatic carbocycles. The summed E-state index contributed by atoms with van der Waals surface area (Å²) in [6.07, 6.45) is 2.74.